The first-order valence-electron chi connectivity index (χ1n) is 13.1. The van der Waals surface area contributed by atoms with Gasteiger partial charge in [0.1, 0.15) is 18.5 Å². The van der Waals surface area contributed by atoms with Crippen LogP contribution in [0.5, 0.6) is 11.5 Å². The Morgan fingerprint density at radius 2 is 1.98 bits per heavy atom. The zero-order valence-corrected chi connectivity index (χ0v) is 23.7. The highest BCUT2D eigenvalue weighted by Crippen LogP contribution is 2.51. The van der Waals surface area contributed by atoms with Gasteiger partial charge in [0.05, 0.1) is 35.7 Å². The fourth-order valence-corrected chi connectivity index (χ4v) is 5.55. The number of amides is 2. The van der Waals surface area contributed by atoms with Crippen molar-refractivity contribution in [2.24, 2.45) is 0 Å². The molecule has 4 atom stereocenters. The molecule has 2 aromatic carbocycles. The van der Waals surface area contributed by atoms with E-state index in [9.17, 15) is 24.6 Å². The Hall–Kier alpha value is -3.11. The van der Waals surface area contributed by atoms with Crippen LogP contribution in [0.1, 0.15) is 53.6 Å². The number of aldehydes is 1. The highest BCUT2D eigenvalue weighted by Gasteiger charge is 2.51. The molecule has 0 bridgehead atoms. The molecule has 1 aliphatic carbocycles. The predicted molar refractivity (Wildman–Crippen MR) is 150 cm³/mol. The lowest BCUT2D eigenvalue weighted by Crippen LogP contribution is -2.55. The van der Waals surface area contributed by atoms with E-state index in [-0.39, 0.29) is 37.6 Å². The summed E-state index contributed by atoms with van der Waals surface area (Å²) in [6.45, 7) is 1.82. The van der Waals surface area contributed by atoms with Crippen molar-refractivity contribution in [2.75, 3.05) is 20.3 Å². The average molecular weight is 591 g/mol. The van der Waals surface area contributed by atoms with Crippen LogP contribution in [0.3, 0.4) is 0 Å². The van der Waals surface area contributed by atoms with Crippen molar-refractivity contribution in [1.82, 2.24) is 10.2 Å². The minimum atomic E-state index is -1.23. The van der Waals surface area contributed by atoms with E-state index in [4.69, 9.17) is 32.7 Å². The molecule has 214 valence electrons. The van der Waals surface area contributed by atoms with E-state index in [1.165, 1.54) is 18.1 Å². The monoisotopic (exact) mass is 590 g/mol. The molecule has 4 rings (SSSR count). The predicted octanol–water partition coefficient (Wildman–Crippen LogP) is 3.66. The second-order valence-electron chi connectivity index (χ2n) is 9.78. The third-order valence-corrected chi connectivity index (χ3v) is 7.91. The minimum Gasteiger partial charge on any atom is -0.493 e. The average Bonchev–Trinajstić information content (AvgIpc) is 3.35. The normalized spacial score (nSPS) is 21.0. The largest absolute Gasteiger partial charge is 0.493 e. The third kappa shape index (κ3) is 5.98. The second kappa shape index (κ2) is 13.0. The van der Waals surface area contributed by atoms with E-state index < -0.39 is 30.1 Å². The lowest BCUT2D eigenvalue weighted by Gasteiger charge is -2.41. The molecule has 3 N–H and O–H groups in total. The maximum absolute atomic E-state index is 13.5. The maximum atomic E-state index is 13.5. The Kier molecular flexibility index (Phi) is 9.73. The van der Waals surface area contributed by atoms with E-state index in [1.807, 2.05) is 6.92 Å². The molecular weight excluding hydrogens is 559 g/mol. The van der Waals surface area contributed by atoms with Gasteiger partial charge >= 0.3 is 0 Å². The van der Waals surface area contributed by atoms with Crippen molar-refractivity contribution in [3.63, 3.8) is 0 Å². The van der Waals surface area contributed by atoms with Crippen molar-refractivity contribution in [1.29, 1.82) is 0 Å². The molecule has 40 heavy (non-hydrogen) atoms. The van der Waals surface area contributed by atoms with Crippen LogP contribution in [0.15, 0.2) is 42.0 Å². The molecule has 0 spiro atoms. The molecule has 4 unspecified atom stereocenters. The lowest BCUT2D eigenvalue weighted by atomic mass is 9.77. The Labute approximate surface area is 242 Å². The smallest absolute Gasteiger partial charge is 0.247 e. The van der Waals surface area contributed by atoms with E-state index in [0.717, 1.165) is 6.42 Å². The van der Waals surface area contributed by atoms with Crippen LogP contribution < -0.4 is 14.8 Å². The molecule has 0 saturated carbocycles. The first-order chi connectivity index (χ1) is 19.2. The molecule has 0 fully saturated rings. The van der Waals surface area contributed by atoms with Crippen LogP contribution >= 0.6 is 23.2 Å². The Morgan fingerprint density at radius 1 is 1.20 bits per heavy atom. The topological polar surface area (TPSA) is 125 Å². The van der Waals surface area contributed by atoms with Gasteiger partial charge in [0.25, 0.3) is 0 Å². The standard InChI is InChI=1S/C29H32Cl2N2O7/c1-3-4-5-24(36)33(14-16-6-7-20(30)21(31)11-16)22-13-19(29(38)32-8-9-34)25-18-10-17(15-35)12-23(39-2)27(18)40-28(25)26(22)37/h6-7,10-13,15,22,25-26,28,34,37H,3-5,8-9,14H2,1-2H3,(H,32,38). The van der Waals surface area contributed by atoms with E-state index in [2.05, 4.69) is 5.32 Å². The maximum Gasteiger partial charge on any atom is 0.247 e. The number of ether oxygens (including phenoxy) is 2. The number of hydrogen-bond donors (Lipinski definition) is 3. The SMILES string of the molecule is CCCCC(=O)N(Cc1ccc(Cl)c(Cl)c1)C1C=C(C(=O)NCCO)C2c3cc(C=O)cc(OC)c3OC2C1O. The van der Waals surface area contributed by atoms with E-state index in [1.54, 1.807) is 30.3 Å². The fraction of sp³-hybridized carbons (Fsp3) is 0.414. The van der Waals surface area contributed by atoms with Crippen LogP contribution in [0.4, 0.5) is 0 Å². The number of carbonyl (C=O) groups excluding carboxylic acids is 3. The van der Waals surface area contributed by atoms with Crippen molar-refractivity contribution < 1.29 is 34.1 Å². The first kappa shape index (κ1) is 29.9. The summed E-state index contributed by atoms with van der Waals surface area (Å²) in [5, 5.41) is 24.4. The molecule has 2 aliphatic rings. The fourth-order valence-electron chi connectivity index (χ4n) is 5.22. The second-order valence-corrected chi connectivity index (χ2v) is 10.6. The van der Waals surface area contributed by atoms with E-state index in [0.29, 0.717) is 50.9 Å². The summed E-state index contributed by atoms with van der Waals surface area (Å²) in [5.41, 5.74) is 1.78. The molecule has 1 aliphatic heterocycles. The number of aliphatic hydroxyl groups is 2. The molecule has 2 aromatic rings. The summed E-state index contributed by atoms with van der Waals surface area (Å²) in [7, 11) is 1.44. The number of nitrogens with one attached hydrogen (secondary N) is 1. The number of carbonyl (C=O) groups is 3. The number of benzene rings is 2. The molecule has 1 heterocycles. The number of nitrogens with zero attached hydrogens (tertiary/aromatic N) is 1. The minimum absolute atomic E-state index is 0.00854. The van der Waals surface area contributed by atoms with Gasteiger partial charge < -0.3 is 29.9 Å². The van der Waals surface area contributed by atoms with Gasteiger partial charge in [0, 0.05) is 36.2 Å². The highest BCUT2D eigenvalue weighted by atomic mass is 35.5. The number of hydrogen-bond acceptors (Lipinski definition) is 7. The van der Waals surface area contributed by atoms with Crippen LogP contribution in [-0.4, -0.2) is 71.7 Å². The summed E-state index contributed by atoms with van der Waals surface area (Å²) >= 11 is 12.3. The van der Waals surface area contributed by atoms with Gasteiger partial charge in [-0.1, -0.05) is 42.6 Å². The molecular formula is C29H32Cl2N2O7. The van der Waals surface area contributed by atoms with Crippen molar-refractivity contribution in [3.8, 4) is 11.5 Å². The van der Waals surface area contributed by atoms with Gasteiger partial charge in [-0.05, 0) is 42.3 Å². The van der Waals surface area contributed by atoms with Gasteiger partial charge in [0.15, 0.2) is 11.5 Å². The number of unbranched alkanes of at least 4 members (excludes halogenated alkanes) is 1. The Morgan fingerprint density at radius 3 is 2.62 bits per heavy atom. The summed E-state index contributed by atoms with van der Waals surface area (Å²) in [6, 6.07) is 7.24. The van der Waals surface area contributed by atoms with Crippen LogP contribution in [0.25, 0.3) is 0 Å². The summed E-state index contributed by atoms with van der Waals surface area (Å²) in [5.74, 6) is -0.829. The van der Waals surface area contributed by atoms with Crippen molar-refractivity contribution >= 4 is 41.3 Å². The Balaban J connectivity index is 1.82. The highest BCUT2D eigenvalue weighted by molar-refractivity contribution is 6.42. The third-order valence-electron chi connectivity index (χ3n) is 7.17. The number of aliphatic hydroxyl groups excluding tert-OH is 2. The zero-order valence-electron chi connectivity index (χ0n) is 22.2. The summed E-state index contributed by atoms with van der Waals surface area (Å²) in [4.78, 5) is 40.1. The van der Waals surface area contributed by atoms with Crippen molar-refractivity contribution in [3.05, 3.63) is 68.7 Å². The van der Waals surface area contributed by atoms with Gasteiger partial charge in [-0.3, -0.25) is 14.4 Å². The van der Waals surface area contributed by atoms with Gasteiger partial charge in [-0.2, -0.15) is 0 Å². The molecule has 0 radical (unpaired) electrons. The van der Waals surface area contributed by atoms with Gasteiger partial charge in [0.2, 0.25) is 11.8 Å². The van der Waals surface area contributed by atoms with Crippen molar-refractivity contribution in [2.45, 2.75) is 56.9 Å². The molecule has 2 amide bonds. The molecule has 0 aromatic heterocycles. The number of methoxy groups -OCH3 is 1. The molecule has 9 nitrogen and oxygen atoms in total. The van der Waals surface area contributed by atoms with Gasteiger partial charge in [-0.15, -0.1) is 0 Å². The first-order valence-corrected chi connectivity index (χ1v) is 13.9. The Bertz CT molecular complexity index is 1320. The lowest BCUT2D eigenvalue weighted by molar-refractivity contribution is -0.138. The molecule has 11 heteroatoms. The zero-order chi connectivity index (χ0) is 29.0. The summed E-state index contributed by atoms with van der Waals surface area (Å²) in [6.07, 6.45) is 1.75. The van der Waals surface area contributed by atoms with Crippen LogP contribution in [0, 0.1) is 0 Å². The summed E-state index contributed by atoms with van der Waals surface area (Å²) < 4.78 is 11.7. The van der Waals surface area contributed by atoms with Crippen LogP contribution in [0.2, 0.25) is 10.0 Å². The number of fused-ring (bicyclic) bond motifs is 3. The number of rotatable bonds is 11. The molecule has 0 saturated heterocycles. The van der Waals surface area contributed by atoms with Gasteiger partial charge in [-0.25, -0.2) is 0 Å². The van der Waals surface area contributed by atoms with Crippen LogP contribution in [-0.2, 0) is 16.1 Å². The quantitative estimate of drug-likeness (QED) is 0.341. The van der Waals surface area contributed by atoms with E-state index >= 15 is 0 Å². The number of halogens is 2.